The number of imidazole rings is 1. The van der Waals surface area contributed by atoms with Crippen LogP contribution in [0.2, 0.25) is 0 Å². The summed E-state index contributed by atoms with van der Waals surface area (Å²) in [5.74, 6) is 0.894. The number of aromatic nitrogens is 2. The molecule has 1 aliphatic rings. The van der Waals surface area contributed by atoms with E-state index in [1.807, 2.05) is 12.1 Å². The first kappa shape index (κ1) is 17.9. The Morgan fingerprint density at radius 3 is 2.11 bits per heavy atom. The third-order valence-corrected chi connectivity index (χ3v) is 5.47. The highest BCUT2D eigenvalue weighted by Gasteiger charge is 2.26. The second-order valence-corrected chi connectivity index (χ2v) is 7.23. The van der Waals surface area contributed by atoms with Crippen molar-refractivity contribution in [1.82, 2.24) is 15.3 Å². The summed E-state index contributed by atoms with van der Waals surface area (Å²) in [6.07, 6.45) is 7.76. The molecule has 0 amide bonds. The smallest absolute Gasteiger partial charge is 0.127 e. The maximum Gasteiger partial charge on any atom is 0.127 e. The van der Waals surface area contributed by atoms with Crippen molar-refractivity contribution in [2.75, 3.05) is 0 Å². The highest BCUT2D eigenvalue weighted by Crippen LogP contribution is 2.34. The van der Waals surface area contributed by atoms with E-state index in [1.165, 1.54) is 17.7 Å². The quantitative estimate of drug-likeness (QED) is 0.659. The number of benzene rings is 2. The van der Waals surface area contributed by atoms with Crippen LogP contribution in [0.3, 0.4) is 0 Å². The van der Waals surface area contributed by atoms with Crippen molar-refractivity contribution in [2.45, 2.75) is 43.7 Å². The second-order valence-electron chi connectivity index (χ2n) is 7.23. The van der Waals surface area contributed by atoms with Gasteiger partial charge in [-0.1, -0.05) is 24.3 Å². The molecule has 3 aromatic rings. The third-order valence-electron chi connectivity index (χ3n) is 5.47. The van der Waals surface area contributed by atoms with Crippen LogP contribution in [0.25, 0.3) is 0 Å². The van der Waals surface area contributed by atoms with Crippen LogP contribution in [0.4, 0.5) is 8.78 Å². The first-order valence-electron chi connectivity index (χ1n) is 9.45. The maximum atomic E-state index is 13.3. The second kappa shape index (κ2) is 8.01. The lowest BCUT2D eigenvalue weighted by Gasteiger charge is -2.32. The van der Waals surface area contributed by atoms with E-state index in [-0.39, 0.29) is 17.7 Å². The number of nitrogens with one attached hydrogen (secondary N) is 2. The zero-order valence-electron chi connectivity index (χ0n) is 15.0. The molecule has 1 atom stereocenters. The number of aromatic amines is 1. The standard InChI is InChI=1S/C22H23F2N3/c23-18-7-1-15(2-8-18)16-5-11-20(12-6-16)27-21(22-25-13-14-26-22)17-3-9-19(24)10-4-17/h1-4,7-10,13-14,16,20-21,27H,5-6,11-12H2,(H,25,26)/t16?,20?,21-/m1/s1. The Hall–Kier alpha value is -2.53. The van der Waals surface area contributed by atoms with Gasteiger partial charge >= 0.3 is 0 Å². The SMILES string of the molecule is Fc1ccc(C2CCC(N[C@H](c3ccc(F)cc3)c3ncc[nH]3)CC2)cc1. The Balaban J connectivity index is 1.43. The minimum absolute atomic E-state index is 0.0898. The lowest BCUT2D eigenvalue weighted by atomic mass is 9.81. The molecule has 0 saturated heterocycles. The van der Waals surface area contributed by atoms with Gasteiger partial charge in [0.2, 0.25) is 0 Å². The molecule has 0 unspecified atom stereocenters. The van der Waals surface area contributed by atoms with Crippen LogP contribution >= 0.6 is 0 Å². The van der Waals surface area contributed by atoms with Crippen LogP contribution in [0.1, 0.15) is 54.6 Å². The first-order valence-corrected chi connectivity index (χ1v) is 9.45. The fourth-order valence-electron chi connectivity index (χ4n) is 3.99. The number of H-pyrrole nitrogens is 1. The van der Waals surface area contributed by atoms with Gasteiger partial charge in [-0.15, -0.1) is 0 Å². The van der Waals surface area contributed by atoms with Crippen LogP contribution in [0.5, 0.6) is 0 Å². The van der Waals surface area contributed by atoms with Crippen molar-refractivity contribution in [3.05, 3.63) is 89.5 Å². The summed E-state index contributed by atoms with van der Waals surface area (Å²) in [7, 11) is 0. The topological polar surface area (TPSA) is 40.7 Å². The molecule has 5 heteroatoms. The van der Waals surface area contributed by atoms with Gasteiger partial charge in [-0.25, -0.2) is 13.8 Å². The molecule has 2 N–H and O–H groups in total. The molecule has 0 aliphatic heterocycles. The Morgan fingerprint density at radius 2 is 1.52 bits per heavy atom. The fraction of sp³-hybridized carbons (Fsp3) is 0.318. The lowest BCUT2D eigenvalue weighted by molar-refractivity contribution is 0.324. The molecule has 1 saturated carbocycles. The molecular weight excluding hydrogens is 344 g/mol. The third kappa shape index (κ3) is 4.25. The Labute approximate surface area is 157 Å². The van der Waals surface area contributed by atoms with Crippen LogP contribution in [-0.4, -0.2) is 16.0 Å². The van der Waals surface area contributed by atoms with E-state index in [2.05, 4.69) is 15.3 Å². The van der Waals surface area contributed by atoms with E-state index >= 15 is 0 Å². The molecule has 0 spiro atoms. The maximum absolute atomic E-state index is 13.3. The molecule has 0 bridgehead atoms. The van der Waals surface area contributed by atoms with Crippen LogP contribution in [-0.2, 0) is 0 Å². The number of nitrogens with zero attached hydrogens (tertiary/aromatic N) is 1. The molecule has 1 heterocycles. The summed E-state index contributed by atoms with van der Waals surface area (Å²) in [5, 5.41) is 3.70. The summed E-state index contributed by atoms with van der Waals surface area (Å²) in [5.41, 5.74) is 2.21. The minimum Gasteiger partial charge on any atom is -0.347 e. The minimum atomic E-state index is -0.239. The van der Waals surface area contributed by atoms with Gasteiger partial charge in [0.15, 0.2) is 0 Å². The van der Waals surface area contributed by atoms with Gasteiger partial charge in [0, 0.05) is 18.4 Å². The van der Waals surface area contributed by atoms with Gasteiger partial charge < -0.3 is 10.3 Å². The van der Waals surface area contributed by atoms with Crippen molar-refractivity contribution in [1.29, 1.82) is 0 Å². The first-order chi connectivity index (χ1) is 13.2. The molecule has 4 rings (SSSR count). The van der Waals surface area contributed by atoms with Crippen molar-refractivity contribution >= 4 is 0 Å². The van der Waals surface area contributed by atoms with Gasteiger partial charge in [0.25, 0.3) is 0 Å². The average Bonchev–Trinajstić information content (AvgIpc) is 3.23. The Morgan fingerprint density at radius 1 is 0.889 bits per heavy atom. The van der Waals surface area contributed by atoms with E-state index in [4.69, 9.17) is 0 Å². The van der Waals surface area contributed by atoms with E-state index in [9.17, 15) is 8.78 Å². The van der Waals surface area contributed by atoms with E-state index in [1.54, 1.807) is 36.7 Å². The molecule has 27 heavy (non-hydrogen) atoms. The number of halogens is 2. The highest BCUT2D eigenvalue weighted by atomic mass is 19.1. The number of hydrogen-bond donors (Lipinski definition) is 2. The highest BCUT2D eigenvalue weighted by molar-refractivity contribution is 5.26. The molecule has 2 aromatic carbocycles. The zero-order chi connectivity index (χ0) is 18.6. The predicted molar refractivity (Wildman–Crippen MR) is 101 cm³/mol. The van der Waals surface area contributed by atoms with Crippen molar-refractivity contribution in [2.24, 2.45) is 0 Å². The molecule has 1 aromatic heterocycles. The number of rotatable bonds is 5. The van der Waals surface area contributed by atoms with Crippen molar-refractivity contribution < 1.29 is 8.78 Å². The largest absolute Gasteiger partial charge is 0.347 e. The molecular formula is C22H23F2N3. The molecule has 1 aliphatic carbocycles. The summed E-state index contributed by atoms with van der Waals surface area (Å²) in [6.45, 7) is 0. The van der Waals surface area contributed by atoms with Crippen LogP contribution < -0.4 is 5.32 Å². The molecule has 0 radical (unpaired) electrons. The summed E-state index contributed by atoms with van der Waals surface area (Å²) in [4.78, 5) is 7.58. The molecule has 3 nitrogen and oxygen atoms in total. The van der Waals surface area contributed by atoms with Crippen molar-refractivity contribution in [3.8, 4) is 0 Å². The van der Waals surface area contributed by atoms with Crippen LogP contribution in [0.15, 0.2) is 60.9 Å². The molecule has 1 fully saturated rings. The zero-order valence-corrected chi connectivity index (χ0v) is 15.0. The Bertz CT molecular complexity index is 836. The summed E-state index contributed by atoms with van der Waals surface area (Å²) >= 11 is 0. The monoisotopic (exact) mass is 367 g/mol. The van der Waals surface area contributed by atoms with Crippen LogP contribution in [0, 0.1) is 11.6 Å². The average molecular weight is 367 g/mol. The molecule has 140 valence electrons. The van der Waals surface area contributed by atoms with E-state index < -0.39 is 0 Å². The number of hydrogen-bond acceptors (Lipinski definition) is 2. The Kier molecular flexibility index (Phi) is 5.30. The lowest BCUT2D eigenvalue weighted by Crippen LogP contribution is -2.36. The van der Waals surface area contributed by atoms with E-state index in [0.29, 0.717) is 12.0 Å². The van der Waals surface area contributed by atoms with Crippen molar-refractivity contribution in [3.63, 3.8) is 0 Å². The van der Waals surface area contributed by atoms with E-state index in [0.717, 1.165) is 37.1 Å². The van der Waals surface area contributed by atoms with Gasteiger partial charge in [-0.05, 0) is 67.0 Å². The predicted octanol–water partition coefficient (Wildman–Crippen LogP) is 5.09. The fourth-order valence-corrected chi connectivity index (χ4v) is 3.99. The van der Waals surface area contributed by atoms with Gasteiger partial charge in [-0.3, -0.25) is 0 Å². The summed E-state index contributed by atoms with van der Waals surface area (Å²) < 4.78 is 26.5. The van der Waals surface area contributed by atoms with Gasteiger partial charge in [-0.2, -0.15) is 0 Å². The van der Waals surface area contributed by atoms with Gasteiger partial charge in [0.1, 0.15) is 17.5 Å². The van der Waals surface area contributed by atoms with Gasteiger partial charge in [0.05, 0.1) is 6.04 Å². The summed E-state index contributed by atoms with van der Waals surface area (Å²) in [6, 6.07) is 13.7. The normalized spacial score (nSPS) is 21.1.